The Morgan fingerprint density at radius 2 is 1.80 bits per heavy atom. The average molecular weight is 317 g/mol. The maximum atomic E-state index is 10.5. The van der Waals surface area contributed by atoms with Gasteiger partial charge in [-0.25, -0.2) is 0 Å². The fourth-order valence-corrected chi connectivity index (χ4v) is 2.78. The van der Waals surface area contributed by atoms with Crippen molar-refractivity contribution >= 4 is 29.2 Å². The summed E-state index contributed by atoms with van der Waals surface area (Å²) >= 11 is 12.1. The number of hydrogen-bond acceptors (Lipinski definition) is 3. The minimum atomic E-state index is -0.736. The van der Waals surface area contributed by atoms with Crippen molar-refractivity contribution in [1.82, 2.24) is 9.80 Å². The Morgan fingerprint density at radius 1 is 1.15 bits per heavy atom. The van der Waals surface area contributed by atoms with E-state index in [1.54, 1.807) is 6.07 Å². The van der Waals surface area contributed by atoms with Gasteiger partial charge in [-0.1, -0.05) is 29.3 Å². The third-order valence-electron chi connectivity index (χ3n) is 3.52. The predicted octanol–water partition coefficient (Wildman–Crippen LogP) is 2.59. The number of rotatable bonds is 5. The van der Waals surface area contributed by atoms with Gasteiger partial charge in [-0.3, -0.25) is 9.69 Å². The lowest BCUT2D eigenvalue weighted by atomic mass is 10.2. The van der Waals surface area contributed by atoms with Gasteiger partial charge in [0.1, 0.15) is 0 Å². The molecule has 20 heavy (non-hydrogen) atoms. The highest BCUT2D eigenvalue weighted by Crippen LogP contribution is 2.22. The van der Waals surface area contributed by atoms with E-state index in [2.05, 4.69) is 9.80 Å². The van der Waals surface area contributed by atoms with Crippen molar-refractivity contribution in [2.75, 3.05) is 32.7 Å². The molecule has 1 N–H and O–H groups in total. The maximum absolute atomic E-state index is 10.5. The minimum absolute atomic E-state index is 0.211. The molecule has 0 aliphatic carbocycles. The van der Waals surface area contributed by atoms with E-state index in [0.29, 0.717) is 16.6 Å². The molecule has 0 aromatic heterocycles. The zero-order chi connectivity index (χ0) is 14.5. The van der Waals surface area contributed by atoms with Crippen molar-refractivity contribution < 1.29 is 9.90 Å². The third-order valence-corrected chi connectivity index (χ3v) is 4.10. The molecule has 1 fully saturated rings. The molecule has 2 rings (SSSR count). The van der Waals surface area contributed by atoms with Gasteiger partial charge in [0, 0.05) is 49.3 Å². The summed E-state index contributed by atoms with van der Waals surface area (Å²) in [6.45, 7) is 5.10. The van der Waals surface area contributed by atoms with Crippen molar-refractivity contribution in [1.29, 1.82) is 0 Å². The Labute approximate surface area is 128 Å². The van der Waals surface area contributed by atoms with Crippen molar-refractivity contribution in [2.24, 2.45) is 0 Å². The van der Waals surface area contributed by atoms with Crippen LogP contribution in [0.5, 0.6) is 0 Å². The Kier molecular flexibility index (Phi) is 5.66. The second-order valence-corrected chi connectivity index (χ2v) is 5.84. The predicted molar refractivity (Wildman–Crippen MR) is 80.4 cm³/mol. The SMILES string of the molecule is O=C(O)CCN1CCN(Cc2ccc(Cl)cc2Cl)CC1. The highest BCUT2D eigenvalue weighted by molar-refractivity contribution is 6.35. The Bertz CT molecular complexity index is 474. The second-order valence-electron chi connectivity index (χ2n) is 5.00. The lowest BCUT2D eigenvalue weighted by Crippen LogP contribution is -2.46. The first-order valence-corrected chi connectivity index (χ1v) is 7.40. The summed E-state index contributed by atoms with van der Waals surface area (Å²) in [6, 6.07) is 5.58. The van der Waals surface area contributed by atoms with E-state index < -0.39 is 5.97 Å². The molecule has 1 aromatic rings. The third kappa shape index (κ3) is 4.63. The zero-order valence-corrected chi connectivity index (χ0v) is 12.7. The number of carboxylic acid groups (broad SMARTS) is 1. The molecule has 0 spiro atoms. The number of nitrogens with zero attached hydrogens (tertiary/aromatic N) is 2. The number of halogens is 2. The fourth-order valence-electron chi connectivity index (χ4n) is 2.32. The summed E-state index contributed by atoms with van der Waals surface area (Å²) in [5, 5.41) is 10.0. The minimum Gasteiger partial charge on any atom is -0.481 e. The normalized spacial score (nSPS) is 17.3. The van der Waals surface area contributed by atoms with Crippen LogP contribution in [0.1, 0.15) is 12.0 Å². The molecular formula is C14H18Cl2N2O2. The van der Waals surface area contributed by atoms with E-state index in [0.717, 1.165) is 38.3 Å². The first-order valence-electron chi connectivity index (χ1n) is 6.65. The Balaban J connectivity index is 1.80. The summed E-state index contributed by atoms with van der Waals surface area (Å²) in [6.07, 6.45) is 0.211. The standard InChI is InChI=1S/C14H18Cl2N2O2/c15-12-2-1-11(13(16)9-12)10-18-7-5-17(6-8-18)4-3-14(19)20/h1-2,9H,3-8,10H2,(H,19,20). The van der Waals surface area contributed by atoms with Crippen molar-refractivity contribution in [3.63, 3.8) is 0 Å². The van der Waals surface area contributed by atoms with E-state index in [1.165, 1.54) is 0 Å². The molecule has 0 unspecified atom stereocenters. The van der Waals surface area contributed by atoms with Gasteiger partial charge in [0.2, 0.25) is 0 Å². The van der Waals surface area contributed by atoms with E-state index >= 15 is 0 Å². The molecule has 0 saturated carbocycles. The summed E-state index contributed by atoms with van der Waals surface area (Å²) in [7, 11) is 0. The van der Waals surface area contributed by atoms with Crippen LogP contribution in [0.25, 0.3) is 0 Å². The molecule has 0 atom stereocenters. The van der Waals surface area contributed by atoms with Gasteiger partial charge in [0.05, 0.1) is 6.42 Å². The quantitative estimate of drug-likeness (QED) is 0.906. The van der Waals surface area contributed by atoms with Gasteiger partial charge in [0.25, 0.3) is 0 Å². The molecule has 1 heterocycles. The summed E-state index contributed by atoms with van der Waals surface area (Å²) in [5.74, 6) is -0.736. The highest BCUT2D eigenvalue weighted by Gasteiger charge is 2.18. The molecule has 1 aliphatic heterocycles. The van der Waals surface area contributed by atoms with Gasteiger partial charge in [0.15, 0.2) is 0 Å². The molecule has 6 heteroatoms. The average Bonchev–Trinajstić information content (AvgIpc) is 2.41. The smallest absolute Gasteiger partial charge is 0.304 e. The van der Waals surface area contributed by atoms with E-state index in [4.69, 9.17) is 28.3 Å². The lowest BCUT2D eigenvalue weighted by molar-refractivity contribution is -0.137. The monoisotopic (exact) mass is 316 g/mol. The molecule has 0 bridgehead atoms. The number of piperazine rings is 1. The van der Waals surface area contributed by atoms with Gasteiger partial charge >= 0.3 is 5.97 Å². The first-order chi connectivity index (χ1) is 9.54. The molecule has 0 radical (unpaired) electrons. The molecule has 1 saturated heterocycles. The highest BCUT2D eigenvalue weighted by atomic mass is 35.5. The first kappa shape index (κ1) is 15.6. The van der Waals surface area contributed by atoms with E-state index in [-0.39, 0.29) is 6.42 Å². The van der Waals surface area contributed by atoms with Crippen molar-refractivity contribution in [2.45, 2.75) is 13.0 Å². The summed E-state index contributed by atoms with van der Waals surface area (Å²) < 4.78 is 0. The number of benzene rings is 1. The van der Waals surface area contributed by atoms with Gasteiger partial charge < -0.3 is 10.0 Å². The van der Waals surface area contributed by atoms with Crippen LogP contribution in [0.4, 0.5) is 0 Å². The maximum Gasteiger partial charge on any atom is 0.304 e. The largest absolute Gasteiger partial charge is 0.481 e. The zero-order valence-electron chi connectivity index (χ0n) is 11.2. The van der Waals surface area contributed by atoms with Crippen LogP contribution in [0.2, 0.25) is 10.0 Å². The molecular weight excluding hydrogens is 299 g/mol. The Morgan fingerprint density at radius 3 is 2.40 bits per heavy atom. The van der Waals surface area contributed by atoms with E-state index in [9.17, 15) is 4.79 Å². The van der Waals surface area contributed by atoms with Crippen LogP contribution in [-0.4, -0.2) is 53.6 Å². The second kappa shape index (κ2) is 7.27. The topological polar surface area (TPSA) is 43.8 Å². The molecule has 0 amide bonds. The van der Waals surface area contributed by atoms with Crippen LogP contribution < -0.4 is 0 Å². The van der Waals surface area contributed by atoms with Gasteiger partial charge in [-0.2, -0.15) is 0 Å². The van der Waals surface area contributed by atoms with Crippen LogP contribution in [0.15, 0.2) is 18.2 Å². The molecule has 1 aromatic carbocycles. The lowest BCUT2D eigenvalue weighted by Gasteiger charge is -2.34. The molecule has 1 aliphatic rings. The van der Waals surface area contributed by atoms with Crippen LogP contribution >= 0.6 is 23.2 Å². The van der Waals surface area contributed by atoms with Gasteiger partial charge in [-0.05, 0) is 17.7 Å². The van der Waals surface area contributed by atoms with Crippen molar-refractivity contribution in [3.05, 3.63) is 33.8 Å². The van der Waals surface area contributed by atoms with Gasteiger partial charge in [-0.15, -0.1) is 0 Å². The van der Waals surface area contributed by atoms with Crippen LogP contribution in [-0.2, 0) is 11.3 Å². The van der Waals surface area contributed by atoms with E-state index in [1.807, 2.05) is 12.1 Å². The van der Waals surface area contributed by atoms with Crippen molar-refractivity contribution in [3.8, 4) is 0 Å². The number of hydrogen-bond donors (Lipinski definition) is 1. The number of aliphatic carboxylic acids is 1. The van der Waals surface area contributed by atoms with Crippen LogP contribution in [0.3, 0.4) is 0 Å². The summed E-state index contributed by atoms with van der Waals surface area (Å²) in [5.41, 5.74) is 1.08. The van der Waals surface area contributed by atoms with Crippen LogP contribution in [0, 0.1) is 0 Å². The number of carboxylic acids is 1. The Hall–Kier alpha value is -0.810. The fraction of sp³-hybridized carbons (Fsp3) is 0.500. The molecule has 4 nitrogen and oxygen atoms in total. The summed E-state index contributed by atoms with van der Waals surface area (Å²) in [4.78, 5) is 15.1. The number of carbonyl (C=O) groups is 1. The molecule has 110 valence electrons.